The van der Waals surface area contributed by atoms with Crippen LogP contribution in [0, 0.1) is 13.8 Å². The van der Waals surface area contributed by atoms with Crippen LogP contribution in [-0.2, 0) is 14.8 Å². The van der Waals surface area contributed by atoms with Gasteiger partial charge in [-0.05, 0) is 27.8 Å². The topological polar surface area (TPSA) is 97.6 Å². The zero-order valence-corrected chi connectivity index (χ0v) is 14.3. The van der Waals surface area contributed by atoms with E-state index in [0.717, 1.165) is 0 Å². The highest BCUT2D eigenvalue weighted by atomic mass is 35.5. The SMILES string of the molecule is CNC(C)CNS(=O)(=O)c1c(C)oc(C)c1C(=O)OC.Cl. The molecule has 0 amide bonds. The van der Waals surface area contributed by atoms with E-state index in [9.17, 15) is 13.2 Å². The summed E-state index contributed by atoms with van der Waals surface area (Å²) in [4.78, 5) is 11.6. The lowest BCUT2D eigenvalue weighted by molar-refractivity contribution is 0.0595. The van der Waals surface area contributed by atoms with E-state index in [1.807, 2.05) is 6.92 Å². The molecule has 0 aliphatic heterocycles. The van der Waals surface area contributed by atoms with E-state index < -0.39 is 16.0 Å². The van der Waals surface area contributed by atoms with Gasteiger partial charge in [-0.3, -0.25) is 0 Å². The third kappa shape index (κ3) is 4.44. The van der Waals surface area contributed by atoms with Crippen molar-refractivity contribution in [1.82, 2.24) is 10.0 Å². The average Bonchev–Trinajstić information content (AvgIpc) is 2.70. The van der Waals surface area contributed by atoms with Crippen molar-refractivity contribution in [3.8, 4) is 0 Å². The number of aryl methyl sites for hydroxylation is 2. The number of esters is 1. The van der Waals surface area contributed by atoms with Gasteiger partial charge in [0.1, 0.15) is 22.0 Å². The van der Waals surface area contributed by atoms with Gasteiger partial charge in [0.15, 0.2) is 0 Å². The highest BCUT2D eigenvalue weighted by Crippen LogP contribution is 2.27. The number of hydrogen-bond donors (Lipinski definition) is 2. The summed E-state index contributed by atoms with van der Waals surface area (Å²) in [5.41, 5.74) is -0.0605. The van der Waals surface area contributed by atoms with E-state index >= 15 is 0 Å². The van der Waals surface area contributed by atoms with Crippen LogP contribution in [0.4, 0.5) is 0 Å². The van der Waals surface area contributed by atoms with Gasteiger partial charge in [0, 0.05) is 12.6 Å². The molecule has 1 unspecified atom stereocenters. The van der Waals surface area contributed by atoms with Crippen LogP contribution >= 0.6 is 12.4 Å². The summed E-state index contributed by atoms with van der Waals surface area (Å²) in [7, 11) is -0.926. The number of hydrogen-bond acceptors (Lipinski definition) is 6. The number of sulfonamides is 1. The van der Waals surface area contributed by atoms with Crippen LogP contribution in [0.3, 0.4) is 0 Å². The Morgan fingerprint density at radius 1 is 1.33 bits per heavy atom. The fraction of sp³-hybridized carbons (Fsp3) is 0.583. The number of halogens is 1. The third-order valence-electron chi connectivity index (χ3n) is 2.94. The van der Waals surface area contributed by atoms with Gasteiger partial charge in [-0.2, -0.15) is 0 Å². The second kappa shape index (κ2) is 7.79. The molecule has 1 heterocycles. The Balaban J connectivity index is 0.00000400. The average molecular weight is 341 g/mol. The molecule has 122 valence electrons. The molecular formula is C12H21ClN2O5S. The van der Waals surface area contributed by atoms with Gasteiger partial charge in [-0.25, -0.2) is 17.9 Å². The van der Waals surface area contributed by atoms with Gasteiger partial charge in [0.05, 0.1) is 7.11 Å². The molecule has 7 nitrogen and oxygen atoms in total. The fourth-order valence-corrected chi connectivity index (χ4v) is 3.26. The first-order chi connectivity index (χ1) is 9.24. The highest BCUT2D eigenvalue weighted by molar-refractivity contribution is 7.89. The second-order valence-corrected chi connectivity index (χ2v) is 6.16. The van der Waals surface area contributed by atoms with Crippen LogP contribution in [0.5, 0.6) is 0 Å². The van der Waals surface area contributed by atoms with Crippen LogP contribution in [-0.4, -0.2) is 41.1 Å². The quantitative estimate of drug-likeness (QED) is 0.749. The number of ether oxygens (including phenoxy) is 1. The fourth-order valence-electron chi connectivity index (χ4n) is 1.73. The van der Waals surface area contributed by atoms with Gasteiger partial charge in [-0.1, -0.05) is 0 Å². The summed E-state index contributed by atoms with van der Waals surface area (Å²) in [5, 5.41) is 2.92. The summed E-state index contributed by atoms with van der Waals surface area (Å²) in [6.45, 7) is 5.05. The number of carbonyl (C=O) groups excluding carboxylic acids is 1. The van der Waals surface area contributed by atoms with Gasteiger partial charge in [0.25, 0.3) is 0 Å². The van der Waals surface area contributed by atoms with Crippen LogP contribution in [0.25, 0.3) is 0 Å². The number of rotatable bonds is 6. The largest absolute Gasteiger partial charge is 0.465 e. The second-order valence-electron chi connectivity index (χ2n) is 4.45. The lowest BCUT2D eigenvalue weighted by Gasteiger charge is -2.12. The Morgan fingerprint density at radius 3 is 2.38 bits per heavy atom. The Kier molecular flexibility index (Phi) is 7.38. The zero-order chi connectivity index (χ0) is 15.5. The van der Waals surface area contributed by atoms with Crippen LogP contribution in [0.2, 0.25) is 0 Å². The van der Waals surface area contributed by atoms with Crippen molar-refractivity contribution in [2.45, 2.75) is 31.7 Å². The van der Waals surface area contributed by atoms with E-state index in [4.69, 9.17) is 4.42 Å². The molecule has 0 aliphatic rings. The number of nitrogens with one attached hydrogen (secondary N) is 2. The van der Waals surface area contributed by atoms with Gasteiger partial charge >= 0.3 is 5.97 Å². The first-order valence-electron chi connectivity index (χ1n) is 6.09. The minimum absolute atomic E-state index is 0. The lowest BCUT2D eigenvalue weighted by Crippen LogP contribution is -2.37. The molecule has 1 aromatic rings. The van der Waals surface area contributed by atoms with Crippen molar-refractivity contribution in [3.63, 3.8) is 0 Å². The first kappa shape index (κ1) is 19.9. The Labute approximate surface area is 130 Å². The molecule has 0 aromatic carbocycles. The maximum atomic E-state index is 12.3. The molecule has 2 N–H and O–H groups in total. The molecule has 0 aliphatic carbocycles. The third-order valence-corrected chi connectivity index (χ3v) is 4.51. The number of likely N-dealkylation sites (N-methyl/N-ethyl adjacent to an activating group) is 1. The Bertz CT molecular complexity index is 597. The standard InChI is InChI=1S/C12H20N2O5S.ClH/c1-7(13-4)6-14-20(16,17)11-9(3)19-8(2)10(11)12(15)18-5;/h7,13-14H,6H2,1-5H3;1H. The number of methoxy groups -OCH3 is 1. The number of carbonyl (C=O) groups is 1. The van der Waals surface area contributed by atoms with Crippen molar-refractivity contribution in [2.24, 2.45) is 0 Å². The molecule has 1 atom stereocenters. The molecule has 0 radical (unpaired) electrons. The van der Waals surface area contributed by atoms with E-state index in [2.05, 4.69) is 14.8 Å². The van der Waals surface area contributed by atoms with Crippen molar-refractivity contribution in [2.75, 3.05) is 20.7 Å². The van der Waals surface area contributed by atoms with Crippen molar-refractivity contribution < 1.29 is 22.4 Å². The predicted molar refractivity (Wildman–Crippen MR) is 80.5 cm³/mol. The minimum Gasteiger partial charge on any atom is -0.465 e. The molecule has 0 fully saturated rings. The monoisotopic (exact) mass is 340 g/mol. The van der Waals surface area contributed by atoms with Crippen LogP contribution in [0.1, 0.15) is 28.8 Å². The van der Waals surface area contributed by atoms with Gasteiger partial charge < -0.3 is 14.5 Å². The maximum Gasteiger partial charge on any atom is 0.342 e. The molecule has 1 aromatic heterocycles. The Morgan fingerprint density at radius 2 is 1.90 bits per heavy atom. The maximum absolute atomic E-state index is 12.3. The molecule has 0 bridgehead atoms. The van der Waals surface area contributed by atoms with E-state index in [-0.39, 0.29) is 47.0 Å². The summed E-state index contributed by atoms with van der Waals surface area (Å²) in [6, 6.07) is -0.0420. The zero-order valence-electron chi connectivity index (χ0n) is 12.6. The van der Waals surface area contributed by atoms with E-state index in [0.29, 0.717) is 0 Å². The van der Waals surface area contributed by atoms with Crippen LogP contribution in [0.15, 0.2) is 9.31 Å². The normalized spacial score (nSPS) is 12.6. The van der Waals surface area contributed by atoms with Crippen LogP contribution < -0.4 is 10.0 Å². The Hall–Kier alpha value is -1.09. The van der Waals surface area contributed by atoms with Gasteiger partial charge in [0.2, 0.25) is 10.0 Å². The summed E-state index contributed by atoms with van der Waals surface area (Å²) in [5.74, 6) is -0.356. The highest BCUT2D eigenvalue weighted by Gasteiger charge is 2.31. The van der Waals surface area contributed by atoms with Crippen molar-refractivity contribution in [3.05, 3.63) is 17.1 Å². The minimum atomic E-state index is -3.85. The summed E-state index contributed by atoms with van der Waals surface area (Å²) < 4.78 is 36.9. The molecule has 0 saturated carbocycles. The molecular weight excluding hydrogens is 320 g/mol. The summed E-state index contributed by atoms with van der Waals surface area (Å²) in [6.07, 6.45) is 0. The number of furan rings is 1. The smallest absolute Gasteiger partial charge is 0.342 e. The van der Waals surface area contributed by atoms with Gasteiger partial charge in [-0.15, -0.1) is 12.4 Å². The van der Waals surface area contributed by atoms with E-state index in [1.54, 1.807) is 7.05 Å². The molecule has 0 spiro atoms. The van der Waals surface area contributed by atoms with E-state index in [1.165, 1.54) is 21.0 Å². The first-order valence-corrected chi connectivity index (χ1v) is 7.58. The van der Waals surface area contributed by atoms with Crippen molar-refractivity contribution >= 4 is 28.4 Å². The predicted octanol–water partition coefficient (Wildman–Crippen LogP) is 0.991. The van der Waals surface area contributed by atoms with Crippen molar-refractivity contribution in [1.29, 1.82) is 0 Å². The molecule has 9 heteroatoms. The molecule has 21 heavy (non-hydrogen) atoms. The summed E-state index contributed by atoms with van der Waals surface area (Å²) >= 11 is 0. The lowest BCUT2D eigenvalue weighted by atomic mass is 10.2. The molecule has 0 saturated heterocycles. The molecule has 1 rings (SSSR count).